The number of amides is 2. The third-order valence-corrected chi connectivity index (χ3v) is 4.88. The third kappa shape index (κ3) is 3.68. The Morgan fingerprint density at radius 1 is 1.43 bits per heavy atom. The van der Waals surface area contributed by atoms with Crippen LogP contribution in [-0.4, -0.2) is 60.3 Å². The molecule has 1 aromatic heterocycles. The van der Waals surface area contributed by atoms with Crippen LogP contribution in [-0.2, 0) is 19.6 Å². The Kier molecular flexibility index (Phi) is 4.71. The summed E-state index contributed by atoms with van der Waals surface area (Å²) in [5.74, 6) is -2.55. The van der Waals surface area contributed by atoms with Crippen LogP contribution in [0.2, 0.25) is 0 Å². The normalized spacial score (nSPS) is 18.1. The lowest BCUT2D eigenvalue weighted by Gasteiger charge is -2.21. The maximum atomic E-state index is 12.0. The zero-order chi connectivity index (χ0) is 17.2. The molecule has 11 heteroatoms. The van der Waals surface area contributed by atoms with Gasteiger partial charge in [-0.3, -0.25) is 9.59 Å². The van der Waals surface area contributed by atoms with Gasteiger partial charge in [-0.15, -0.1) is 0 Å². The quantitative estimate of drug-likeness (QED) is 0.489. The molecule has 10 nitrogen and oxygen atoms in total. The number of hydrogen-bond donors (Lipinski definition) is 4. The molecule has 0 unspecified atom stereocenters. The molecule has 1 aliphatic heterocycles. The first-order chi connectivity index (χ1) is 10.7. The van der Waals surface area contributed by atoms with Gasteiger partial charge in [-0.1, -0.05) is 0 Å². The van der Waals surface area contributed by atoms with E-state index in [4.69, 9.17) is 10.8 Å². The predicted molar refractivity (Wildman–Crippen MR) is 76.9 cm³/mol. The fourth-order valence-corrected chi connectivity index (χ4v) is 3.30. The van der Waals surface area contributed by atoms with Gasteiger partial charge >= 0.3 is 5.97 Å². The molecule has 5 N–H and O–H groups in total. The smallest absolute Gasteiger partial charge is 0.326 e. The molecule has 0 radical (unpaired) electrons. The van der Waals surface area contributed by atoms with Crippen LogP contribution < -0.4 is 10.5 Å². The van der Waals surface area contributed by atoms with Gasteiger partial charge in [0.05, 0.1) is 6.54 Å². The number of aromatic nitrogens is 1. The number of carboxylic acid groups (broad SMARTS) is 1. The summed E-state index contributed by atoms with van der Waals surface area (Å²) in [5, 5.41) is 9.01. The minimum Gasteiger partial charge on any atom is -0.480 e. The first-order valence-electron chi connectivity index (χ1n) is 6.72. The summed E-state index contributed by atoms with van der Waals surface area (Å²) < 4.78 is 26.1. The number of hydrogen-bond acceptors (Lipinski definition) is 5. The highest BCUT2D eigenvalue weighted by atomic mass is 32.2. The molecule has 126 valence electrons. The van der Waals surface area contributed by atoms with Gasteiger partial charge in [0.1, 0.15) is 16.6 Å². The fourth-order valence-electron chi connectivity index (χ4n) is 2.34. The molecule has 0 saturated carbocycles. The number of H-pyrrole nitrogens is 1. The van der Waals surface area contributed by atoms with Crippen molar-refractivity contribution in [2.24, 2.45) is 5.73 Å². The minimum atomic E-state index is -4.02. The second kappa shape index (κ2) is 6.38. The molecule has 1 fully saturated rings. The fraction of sp³-hybridized carbons (Fsp3) is 0.417. The Balaban J connectivity index is 2.02. The van der Waals surface area contributed by atoms with Crippen molar-refractivity contribution in [3.05, 3.63) is 18.0 Å². The number of rotatable bonds is 6. The van der Waals surface area contributed by atoms with E-state index in [1.54, 1.807) is 0 Å². The summed E-state index contributed by atoms with van der Waals surface area (Å²) in [6.45, 7) is -0.295. The van der Waals surface area contributed by atoms with Crippen molar-refractivity contribution in [1.29, 1.82) is 0 Å². The number of primary amides is 1. The number of aliphatic carboxylic acids is 1. The molecule has 1 saturated heterocycles. The number of aromatic amines is 1. The van der Waals surface area contributed by atoms with Gasteiger partial charge in [0.25, 0.3) is 5.91 Å². The van der Waals surface area contributed by atoms with E-state index in [0.29, 0.717) is 12.8 Å². The molecule has 1 atom stereocenters. The van der Waals surface area contributed by atoms with Crippen molar-refractivity contribution in [1.82, 2.24) is 14.6 Å². The van der Waals surface area contributed by atoms with Crippen molar-refractivity contribution in [3.63, 3.8) is 0 Å². The molecular weight excluding hydrogens is 328 g/mol. The number of sulfonamides is 1. The highest BCUT2D eigenvalue weighted by molar-refractivity contribution is 7.89. The number of nitrogens with zero attached hydrogens (tertiary/aromatic N) is 1. The number of likely N-dealkylation sites (tertiary alicyclic amines) is 1. The number of carbonyl (C=O) groups is 3. The molecule has 23 heavy (non-hydrogen) atoms. The lowest BCUT2D eigenvalue weighted by Crippen LogP contribution is -2.45. The summed E-state index contributed by atoms with van der Waals surface area (Å²) in [6.07, 6.45) is 1.96. The molecule has 1 aromatic rings. The maximum absolute atomic E-state index is 12.0. The summed E-state index contributed by atoms with van der Waals surface area (Å²) in [4.78, 5) is 37.3. The average Bonchev–Trinajstić information content (AvgIpc) is 3.13. The van der Waals surface area contributed by atoms with Crippen molar-refractivity contribution in [3.8, 4) is 0 Å². The standard InChI is InChI=1S/C12H16N4O6S/c13-11(18)8-4-7(5-14-8)23(21,22)15-6-10(17)16-3-1-2-9(16)12(19)20/h4-5,9,14-15H,1-3,6H2,(H2,13,18)(H,19,20)/t9-/m0/s1. The molecule has 2 rings (SSSR count). The van der Waals surface area contributed by atoms with E-state index in [1.807, 2.05) is 0 Å². The van der Waals surface area contributed by atoms with Crippen LogP contribution in [0, 0.1) is 0 Å². The molecule has 0 bridgehead atoms. The largest absolute Gasteiger partial charge is 0.480 e. The third-order valence-electron chi connectivity index (χ3n) is 3.50. The lowest BCUT2D eigenvalue weighted by atomic mass is 10.2. The molecular formula is C12H16N4O6S. The summed E-state index contributed by atoms with van der Waals surface area (Å²) >= 11 is 0. The minimum absolute atomic E-state index is 0.0813. The SMILES string of the molecule is NC(=O)c1cc(S(=O)(=O)NCC(=O)N2CCC[C@H]2C(=O)O)c[nH]1. The average molecular weight is 344 g/mol. The first kappa shape index (κ1) is 17.0. The first-order valence-corrected chi connectivity index (χ1v) is 8.21. The summed E-state index contributed by atoms with van der Waals surface area (Å²) in [6, 6.07) is 0.117. The van der Waals surface area contributed by atoms with E-state index >= 15 is 0 Å². The van der Waals surface area contributed by atoms with E-state index in [0.717, 1.165) is 17.2 Å². The van der Waals surface area contributed by atoms with Crippen LogP contribution in [0.5, 0.6) is 0 Å². The van der Waals surface area contributed by atoms with Crippen molar-refractivity contribution in [2.75, 3.05) is 13.1 Å². The molecule has 1 aliphatic rings. The van der Waals surface area contributed by atoms with Gasteiger partial charge in [0.15, 0.2) is 0 Å². The van der Waals surface area contributed by atoms with Gasteiger partial charge in [-0.2, -0.15) is 0 Å². The highest BCUT2D eigenvalue weighted by Crippen LogP contribution is 2.17. The van der Waals surface area contributed by atoms with E-state index in [9.17, 15) is 22.8 Å². The number of carboxylic acids is 1. The van der Waals surface area contributed by atoms with Crippen molar-refractivity contribution < 1.29 is 27.9 Å². The van der Waals surface area contributed by atoms with Crippen molar-refractivity contribution >= 4 is 27.8 Å². The van der Waals surface area contributed by atoms with Gasteiger partial charge < -0.3 is 20.7 Å². The van der Waals surface area contributed by atoms with Crippen LogP contribution in [0.3, 0.4) is 0 Å². The van der Waals surface area contributed by atoms with Gasteiger partial charge in [-0.05, 0) is 18.9 Å². The van der Waals surface area contributed by atoms with E-state index in [-0.39, 0.29) is 17.1 Å². The van der Waals surface area contributed by atoms with Crippen LogP contribution in [0.25, 0.3) is 0 Å². The summed E-state index contributed by atoms with van der Waals surface area (Å²) in [7, 11) is -4.02. The molecule has 2 heterocycles. The molecule has 0 aliphatic carbocycles. The van der Waals surface area contributed by atoms with E-state index in [1.165, 1.54) is 0 Å². The van der Waals surface area contributed by atoms with E-state index < -0.39 is 40.4 Å². The zero-order valence-corrected chi connectivity index (χ0v) is 12.8. The van der Waals surface area contributed by atoms with Crippen LogP contribution >= 0.6 is 0 Å². The topological polar surface area (TPSA) is 163 Å². The number of nitrogens with one attached hydrogen (secondary N) is 2. The monoisotopic (exact) mass is 344 g/mol. The molecule has 2 amide bonds. The Morgan fingerprint density at radius 3 is 2.70 bits per heavy atom. The van der Waals surface area contributed by atoms with E-state index in [2.05, 4.69) is 9.71 Å². The number of nitrogens with two attached hydrogens (primary N) is 1. The van der Waals surface area contributed by atoms with Crippen molar-refractivity contribution in [2.45, 2.75) is 23.8 Å². The Labute approximate surface area is 131 Å². The zero-order valence-electron chi connectivity index (χ0n) is 12.0. The van der Waals surface area contributed by atoms with Crippen LogP contribution in [0.1, 0.15) is 23.3 Å². The number of carbonyl (C=O) groups excluding carboxylic acids is 2. The Morgan fingerprint density at radius 2 is 2.13 bits per heavy atom. The Bertz CT molecular complexity index is 740. The van der Waals surface area contributed by atoms with Crippen LogP contribution in [0.15, 0.2) is 17.2 Å². The molecule has 0 aromatic carbocycles. The van der Waals surface area contributed by atoms with Gasteiger partial charge in [0, 0.05) is 12.7 Å². The second-order valence-corrected chi connectivity index (χ2v) is 6.79. The van der Waals surface area contributed by atoms with Gasteiger partial charge in [0.2, 0.25) is 15.9 Å². The Hall–Kier alpha value is -2.40. The summed E-state index contributed by atoms with van der Waals surface area (Å²) in [5.41, 5.74) is 4.94. The highest BCUT2D eigenvalue weighted by Gasteiger charge is 2.34. The molecule has 0 spiro atoms. The lowest BCUT2D eigenvalue weighted by molar-refractivity contribution is -0.147. The predicted octanol–water partition coefficient (Wildman–Crippen LogP) is -1.53. The van der Waals surface area contributed by atoms with Gasteiger partial charge in [-0.25, -0.2) is 17.9 Å². The second-order valence-electron chi connectivity index (χ2n) is 5.02. The maximum Gasteiger partial charge on any atom is 0.326 e. The van der Waals surface area contributed by atoms with Crippen LogP contribution in [0.4, 0.5) is 0 Å².